The lowest BCUT2D eigenvalue weighted by molar-refractivity contribution is 1.29. The Kier molecular flexibility index (Phi) is 4.14. The van der Waals surface area contributed by atoms with Crippen LogP contribution < -0.4 is 5.73 Å². The Hall–Kier alpha value is -2.64. The SMILES string of the molecule is Cc1ccccc1-c1cc(-c2ccc(Br)cc2)c(C#N)c(N)n1. The van der Waals surface area contributed by atoms with E-state index in [-0.39, 0.29) is 5.82 Å². The predicted molar refractivity (Wildman–Crippen MR) is 96.7 cm³/mol. The van der Waals surface area contributed by atoms with Crippen molar-refractivity contribution in [2.75, 3.05) is 5.73 Å². The van der Waals surface area contributed by atoms with Crippen LogP contribution in [0.3, 0.4) is 0 Å². The van der Waals surface area contributed by atoms with E-state index in [1.54, 1.807) is 0 Å². The zero-order chi connectivity index (χ0) is 16.4. The minimum atomic E-state index is 0.256. The molecule has 0 aliphatic carbocycles. The van der Waals surface area contributed by atoms with Gasteiger partial charge in [-0.3, -0.25) is 0 Å². The summed E-state index contributed by atoms with van der Waals surface area (Å²) in [6.07, 6.45) is 0. The number of nitrogens with two attached hydrogens (primary N) is 1. The molecule has 0 aliphatic heterocycles. The third kappa shape index (κ3) is 2.96. The van der Waals surface area contributed by atoms with Crippen LogP contribution in [-0.4, -0.2) is 4.98 Å². The number of anilines is 1. The van der Waals surface area contributed by atoms with Crippen molar-refractivity contribution in [3.63, 3.8) is 0 Å². The highest BCUT2D eigenvalue weighted by Gasteiger charge is 2.14. The Balaban J connectivity index is 2.25. The number of nitrogen functional groups attached to an aromatic ring is 1. The van der Waals surface area contributed by atoms with Gasteiger partial charge in [-0.15, -0.1) is 0 Å². The van der Waals surface area contributed by atoms with E-state index in [1.807, 2.05) is 61.5 Å². The van der Waals surface area contributed by atoms with Gasteiger partial charge in [0.05, 0.1) is 5.69 Å². The number of nitrogens with zero attached hydrogens (tertiary/aromatic N) is 2. The van der Waals surface area contributed by atoms with Gasteiger partial charge in [-0.1, -0.05) is 52.3 Å². The highest BCUT2D eigenvalue weighted by Crippen LogP contribution is 2.32. The van der Waals surface area contributed by atoms with Crippen molar-refractivity contribution in [2.24, 2.45) is 0 Å². The molecule has 0 amide bonds. The van der Waals surface area contributed by atoms with Crippen LogP contribution in [0.4, 0.5) is 5.82 Å². The lowest BCUT2D eigenvalue weighted by atomic mass is 9.97. The summed E-state index contributed by atoms with van der Waals surface area (Å²) in [4.78, 5) is 4.42. The second-order valence-corrected chi connectivity index (χ2v) is 6.16. The van der Waals surface area contributed by atoms with E-state index in [1.165, 1.54) is 0 Å². The molecule has 4 heteroatoms. The topological polar surface area (TPSA) is 62.7 Å². The van der Waals surface area contributed by atoms with Gasteiger partial charge in [-0.2, -0.15) is 5.26 Å². The highest BCUT2D eigenvalue weighted by molar-refractivity contribution is 9.10. The van der Waals surface area contributed by atoms with Crippen LogP contribution in [0.5, 0.6) is 0 Å². The molecule has 0 atom stereocenters. The first-order valence-corrected chi connectivity index (χ1v) is 7.92. The molecule has 3 aromatic rings. The van der Waals surface area contributed by atoms with Crippen molar-refractivity contribution in [1.82, 2.24) is 4.98 Å². The second-order valence-electron chi connectivity index (χ2n) is 5.25. The standard InChI is InChI=1S/C19H14BrN3/c1-12-4-2-3-5-15(12)18-10-16(17(11-21)19(22)23-18)13-6-8-14(20)9-7-13/h2-10H,1H3,(H2,22,23). The molecule has 0 aliphatic rings. The van der Waals surface area contributed by atoms with Gasteiger partial charge in [-0.05, 0) is 36.2 Å². The van der Waals surface area contributed by atoms with Gasteiger partial charge in [0, 0.05) is 15.6 Å². The molecule has 1 heterocycles. The molecule has 112 valence electrons. The van der Waals surface area contributed by atoms with Crippen LogP contribution in [0.15, 0.2) is 59.1 Å². The third-order valence-electron chi connectivity index (χ3n) is 3.74. The Bertz CT molecular complexity index is 909. The molecule has 0 saturated heterocycles. The van der Waals surface area contributed by atoms with E-state index in [0.717, 1.165) is 32.4 Å². The number of aryl methyl sites for hydroxylation is 1. The van der Waals surface area contributed by atoms with Gasteiger partial charge in [0.1, 0.15) is 17.5 Å². The van der Waals surface area contributed by atoms with Gasteiger partial charge in [-0.25, -0.2) is 4.98 Å². The molecule has 0 bridgehead atoms. The van der Waals surface area contributed by atoms with Gasteiger partial charge in [0.15, 0.2) is 0 Å². The first kappa shape index (κ1) is 15.3. The van der Waals surface area contributed by atoms with Gasteiger partial charge >= 0.3 is 0 Å². The molecule has 0 saturated carbocycles. The van der Waals surface area contributed by atoms with Crippen molar-refractivity contribution >= 4 is 21.7 Å². The van der Waals surface area contributed by atoms with E-state index in [2.05, 4.69) is 27.0 Å². The average molecular weight is 364 g/mol. The fourth-order valence-electron chi connectivity index (χ4n) is 2.54. The maximum absolute atomic E-state index is 9.45. The van der Waals surface area contributed by atoms with Crippen LogP contribution in [0.25, 0.3) is 22.4 Å². The summed E-state index contributed by atoms with van der Waals surface area (Å²) in [7, 11) is 0. The number of hydrogen-bond acceptors (Lipinski definition) is 3. The molecule has 0 unspecified atom stereocenters. The molecule has 0 fully saturated rings. The molecule has 23 heavy (non-hydrogen) atoms. The van der Waals surface area contributed by atoms with Crippen molar-refractivity contribution in [3.8, 4) is 28.5 Å². The summed E-state index contributed by atoms with van der Waals surface area (Å²) in [5, 5.41) is 9.45. The minimum Gasteiger partial charge on any atom is -0.383 e. The first-order valence-electron chi connectivity index (χ1n) is 7.12. The summed E-state index contributed by atoms with van der Waals surface area (Å²) >= 11 is 3.43. The number of halogens is 1. The molecule has 0 radical (unpaired) electrons. The fraction of sp³-hybridized carbons (Fsp3) is 0.0526. The highest BCUT2D eigenvalue weighted by atomic mass is 79.9. The van der Waals surface area contributed by atoms with Crippen LogP contribution in [0.1, 0.15) is 11.1 Å². The van der Waals surface area contributed by atoms with Crippen molar-refractivity contribution < 1.29 is 0 Å². The number of hydrogen-bond donors (Lipinski definition) is 1. The van der Waals surface area contributed by atoms with Crippen molar-refractivity contribution in [2.45, 2.75) is 6.92 Å². The normalized spacial score (nSPS) is 10.3. The number of rotatable bonds is 2. The summed E-state index contributed by atoms with van der Waals surface area (Å²) in [5.41, 5.74) is 11.1. The number of nitriles is 1. The summed E-state index contributed by atoms with van der Waals surface area (Å²) in [5.74, 6) is 0.256. The van der Waals surface area contributed by atoms with E-state index in [0.29, 0.717) is 5.56 Å². The number of benzene rings is 2. The smallest absolute Gasteiger partial charge is 0.142 e. The van der Waals surface area contributed by atoms with E-state index in [9.17, 15) is 5.26 Å². The second kappa shape index (κ2) is 6.23. The molecule has 3 rings (SSSR count). The molecule has 3 nitrogen and oxygen atoms in total. The predicted octanol–water partition coefficient (Wildman–Crippen LogP) is 4.94. The molecule has 1 aromatic heterocycles. The first-order chi connectivity index (χ1) is 11.1. The van der Waals surface area contributed by atoms with Gasteiger partial charge in [0.25, 0.3) is 0 Å². The van der Waals surface area contributed by atoms with Crippen LogP contribution in [0.2, 0.25) is 0 Å². The zero-order valence-corrected chi connectivity index (χ0v) is 14.1. The van der Waals surface area contributed by atoms with Crippen molar-refractivity contribution in [3.05, 3.63) is 70.2 Å². The van der Waals surface area contributed by atoms with Crippen LogP contribution in [-0.2, 0) is 0 Å². The molecule has 2 N–H and O–H groups in total. The summed E-state index contributed by atoms with van der Waals surface area (Å²) in [6, 6.07) is 19.9. The van der Waals surface area contributed by atoms with E-state index < -0.39 is 0 Å². The maximum Gasteiger partial charge on any atom is 0.142 e. The van der Waals surface area contributed by atoms with Crippen molar-refractivity contribution in [1.29, 1.82) is 5.26 Å². The molecular formula is C19H14BrN3. The Morgan fingerprint density at radius 3 is 2.39 bits per heavy atom. The monoisotopic (exact) mass is 363 g/mol. The Morgan fingerprint density at radius 2 is 1.74 bits per heavy atom. The third-order valence-corrected chi connectivity index (χ3v) is 4.26. The number of aromatic nitrogens is 1. The van der Waals surface area contributed by atoms with E-state index >= 15 is 0 Å². The number of pyridine rings is 1. The zero-order valence-electron chi connectivity index (χ0n) is 12.5. The Morgan fingerprint density at radius 1 is 1.04 bits per heavy atom. The quantitative estimate of drug-likeness (QED) is 0.701. The summed E-state index contributed by atoms with van der Waals surface area (Å²) < 4.78 is 0.987. The lowest BCUT2D eigenvalue weighted by Crippen LogP contribution is -2.00. The van der Waals surface area contributed by atoms with E-state index in [4.69, 9.17) is 5.73 Å². The van der Waals surface area contributed by atoms with Crippen LogP contribution >= 0.6 is 15.9 Å². The van der Waals surface area contributed by atoms with Crippen LogP contribution in [0, 0.1) is 18.3 Å². The maximum atomic E-state index is 9.45. The minimum absolute atomic E-state index is 0.256. The molecule has 2 aromatic carbocycles. The largest absolute Gasteiger partial charge is 0.383 e. The fourth-order valence-corrected chi connectivity index (χ4v) is 2.80. The summed E-state index contributed by atoms with van der Waals surface area (Å²) in [6.45, 7) is 2.03. The molecular weight excluding hydrogens is 350 g/mol. The average Bonchev–Trinajstić information content (AvgIpc) is 2.55. The van der Waals surface area contributed by atoms with Gasteiger partial charge in [0.2, 0.25) is 0 Å². The van der Waals surface area contributed by atoms with Gasteiger partial charge < -0.3 is 5.73 Å². The Labute approximate surface area is 143 Å². The lowest BCUT2D eigenvalue weighted by Gasteiger charge is -2.11. The molecule has 0 spiro atoms.